The molecule has 1 heterocycles. The lowest BCUT2D eigenvalue weighted by Crippen LogP contribution is -2.15. The number of hydrogen-bond donors (Lipinski definition) is 3. The Bertz CT molecular complexity index is 332. The number of hydrogen-bond acceptors (Lipinski definition) is 4. The second-order valence-electron chi connectivity index (χ2n) is 3.25. The summed E-state index contributed by atoms with van der Waals surface area (Å²) in [4.78, 5) is 10.6. The van der Waals surface area contributed by atoms with Gasteiger partial charge in [-0.15, -0.1) is 0 Å². The molecule has 0 aromatic carbocycles. The van der Waals surface area contributed by atoms with Crippen LogP contribution in [0.2, 0.25) is 0 Å². The van der Waals surface area contributed by atoms with E-state index in [0.717, 1.165) is 5.56 Å². The van der Waals surface area contributed by atoms with Crippen molar-refractivity contribution in [2.75, 3.05) is 13.2 Å². The molecule has 0 spiro atoms. The molecule has 3 N–H and O–H groups in total. The quantitative estimate of drug-likeness (QED) is 0.608. The Morgan fingerprint density at radius 1 is 1.60 bits per heavy atom. The molecule has 0 fully saturated rings. The fraction of sp³-hybridized carbons (Fsp3) is 0.500. The lowest BCUT2D eigenvalue weighted by Gasteiger charge is -2.01. The monoisotopic (exact) mass is 213 g/mol. The van der Waals surface area contributed by atoms with Crippen LogP contribution in [0.15, 0.2) is 10.5 Å². The molecule has 0 saturated heterocycles. The van der Waals surface area contributed by atoms with Gasteiger partial charge in [-0.3, -0.25) is 0 Å². The Labute approximate surface area is 87.7 Å². The number of aryl methyl sites for hydroxylation is 1. The molecule has 5 nitrogen and oxygen atoms in total. The first-order valence-corrected chi connectivity index (χ1v) is 4.79. The van der Waals surface area contributed by atoms with E-state index in [2.05, 4.69) is 5.32 Å². The Hall–Kier alpha value is -1.33. The van der Waals surface area contributed by atoms with Gasteiger partial charge in [-0.05, 0) is 26.0 Å². The fourth-order valence-corrected chi connectivity index (χ4v) is 1.23. The summed E-state index contributed by atoms with van der Waals surface area (Å²) in [5, 5.41) is 20.3. The number of aromatic carboxylic acids is 1. The first kappa shape index (κ1) is 11.7. The molecule has 84 valence electrons. The predicted molar refractivity (Wildman–Crippen MR) is 53.8 cm³/mol. The Balaban J connectivity index is 2.50. The molecule has 0 aliphatic rings. The highest BCUT2D eigenvalue weighted by Crippen LogP contribution is 2.14. The lowest BCUT2D eigenvalue weighted by atomic mass is 10.2. The van der Waals surface area contributed by atoms with E-state index in [1.54, 1.807) is 6.92 Å². The standard InChI is InChI=1S/C10H15NO4/c1-7-8(6-11-3-2-4-12)5-9(15-7)10(13)14/h5,11-12H,2-4,6H2,1H3,(H,13,14). The molecule has 1 rings (SSSR count). The number of rotatable bonds is 6. The molecule has 0 amide bonds. The van der Waals surface area contributed by atoms with Gasteiger partial charge in [0.05, 0.1) is 0 Å². The number of aliphatic hydroxyl groups excluding tert-OH is 1. The van der Waals surface area contributed by atoms with Crippen molar-refractivity contribution in [2.24, 2.45) is 0 Å². The van der Waals surface area contributed by atoms with Gasteiger partial charge in [-0.1, -0.05) is 0 Å². The zero-order valence-corrected chi connectivity index (χ0v) is 8.62. The highest BCUT2D eigenvalue weighted by Gasteiger charge is 2.12. The van der Waals surface area contributed by atoms with Gasteiger partial charge in [0.1, 0.15) is 5.76 Å². The summed E-state index contributed by atoms with van der Waals surface area (Å²) in [5.74, 6) is -0.477. The van der Waals surface area contributed by atoms with Crippen LogP contribution in [0.3, 0.4) is 0 Å². The van der Waals surface area contributed by atoms with Crippen molar-refractivity contribution in [3.05, 3.63) is 23.2 Å². The molecule has 0 saturated carbocycles. The van der Waals surface area contributed by atoms with Crippen molar-refractivity contribution < 1.29 is 19.4 Å². The van der Waals surface area contributed by atoms with Crippen molar-refractivity contribution >= 4 is 5.97 Å². The van der Waals surface area contributed by atoms with Crippen molar-refractivity contribution in [1.29, 1.82) is 0 Å². The molecule has 0 aliphatic carbocycles. The van der Waals surface area contributed by atoms with Crippen LogP contribution in [-0.2, 0) is 6.54 Å². The van der Waals surface area contributed by atoms with Gasteiger partial charge in [0.25, 0.3) is 0 Å². The molecular formula is C10H15NO4. The minimum absolute atomic E-state index is 0.0357. The van der Waals surface area contributed by atoms with Crippen LogP contribution in [0.5, 0.6) is 0 Å². The molecule has 0 radical (unpaired) electrons. The summed E-state index contributed by atoms with van der Waals surface area (Å²) in [5.41, 5.74) is 0.838. The van der Waals surface area contributed by atoms with Gasteiger partial charge in [0.15, 0.2) is 0 Å². The molecule has 15 heavy (non-hydrogen) atoms. The molecule has 0 atom stereocenters. The van der Waals surface area contributed by atoms with E-state index < -0.39 is 5.97 Å². The van der Waals surface area contributed by atoms with Crippen LogP contribution in [0.25, 0.3) is 0 Å². The van der Waals surface area contributed by atoms with Crippen LogP contribution in [0, 0.1) is 6.92 Å². The predicted octanol–water partition coefficient (Wildman–Crippen LogP) is 0.758. The van der Waals surface area contributed by atoms with Crippen LogP contribution >= 0.6 is 0 Å². The van der Waals surface area contributed by atoms with Crippen molar-refractivity contribution in [2.45, 2.75) is 19.9 Å². The molecule has 5 heteroatoms. The maximum Gasteiger partial charge on any atom is 0.371 e. The number of nitrogens with one attached hydrogen (secondary N) is 1. The van der Waals surface area contributed by atoms with Gasteiger partial charge >= 0.3 is 5.97 Å². The van der Waals surface area contributed by atoms with Crippen molar-refractivity contribution in [1.82, 2.24) is 5.32 Å². The van der Waals surface area contributed by atoms with E-state index in [1.165, 1.54) is 6.07 Å². The van der Waals surface area contributed by atoms with Gasteiger partial charge in [-0.25, -0.2) is 4.79 Å². The average molecular weight is 213 g/mol. The number of carbonyl (C=O) groups is 1. The van der Waals surface area contributed by atoms with E-state index in [-0.39, 0.29) is 12.4 Å². The SMILES string of the molecule is Cc1oc(C(=O)O)cc1CNCCCO. The number of furan rings is 1. The normalized spacial score (nSPS) is 10.5. The Kier molecular flexibility index (Phi) is 4.33. The third kappa shape index (κ3) is 3.38. The largest absolute Gasteiger partial charge is 0.475 e. The second kappa shape index (κ2) is 5.53. The summed E-state index contributed by atoms with van der Waals surface area (Å²) < 4.78 is 5.04. The van der Waals surface area contributed by atoms with E-state index in [1.807, 2.05) is 0 Å². The van der Waals surface area contributed by atoms with E-state index >= 15 is 0 Å². The number of aliphatic hydroxyl groups is 1. The fourth-order valence-electron chi connectivity index (χ4n) is 1.23. The van der Waals surface area contributed by atoms with Crippen LogP contribution in [0.4, 0.5) is 0 Å². The highest BCUT2D eigenvalue weighted by molar-refractivity contribution is 5.84. The lowest BCUT2D eigenvalue weighted by molar-refractivity contribution is 0.0661. The van der Waals surface area contributed by atoms with Crippen LogP contribution in [0.1, 0.15) is 28.3 Å². The first-order valence-electron chi connectivity index (χ1n) is 4.79. The smallest absolute Gasteiger partial charge is 0.371 e. The highest BCUT2D eigenvalue weighted by atomic mass is 16.4. The number of carboxylic acids is 1. The minimum Gasteiger partial charge on any atom is -0.475 e. The van der Waals surface area contributed by atoms with Gasteiger partial charge < -0.3 is 19.9 Å². The van der Waals surface area contributed by atoms with Gasteiger partial charge in [0, 0.05) is 18.7 Å². The Morgan fingerprint density at radius 3 is 2.87 bits per heavy atom. The summed E-state index contributed by atoms with van der Waals surface area (Å²) in [6.07, 6.45) is 0.683. The van der Waals surface area contributed by atoms with Gasteiger partial charge in [0.2, 0.25) is 5.76 Å². The molecule has 0 unspecified atom stereocenters. The van der Waals surface area contributed by atoms with E-state index in [0.29, 0.717) is 25.3 Å². The van der Waals surface area contributed by atoms with Crippen LogP contribution < -0.4 is 5.32 Å². The average Bonchev–Trinajstić information content (AvgIpc) is 2.55. The zero-order valence-electron chi connectivity index (χ0n) is 8.62. The van der Waals surface area contributed by atoms with E-state index in [4.69, 9.17) is 14.6 Å². The summed E-state index contributed by atoms with van der Waals surface area (Å²) in [6.45, 7) is 3.14. The third-order valence-corrected chi connectivity index (χ3v) is 2.06. The third-order valence-electron chi connectivity index (χ3n) is 2.06. The summed E-state index contributed by atoms with van der Waals surface area (Å²) in [7, 11) is 0. The summed E-state index contributed by atoms with van der Waals surface area (Å²) in [6, 6.07) is 1.52. The topological polar surface area (TPSA) is 82.7 Å². The maximum absolute atomic E-state index is 10.6. The van der Waals surface area contributed by atoms with E-state index in [9.17, 15) is 4.79 Å². The van der Waals surface area contributed by atoms with Gasteiger partial charge in [-0.2, -0.15) is 0 Å². The summed E-state index contributed by atoms with van der Waals surface area (Å²) >= 11 is 0. The zero-order chi connectivity index (χ0) is 11.3. The molecular weight excluding hydrogens is 198 g/mol. The number of carboxylic acid groups (broad SMARTS) is 1. The van der Waals surface area contributed by atoms with Crippen LogP contribution in [-0.4, -0.2) is 29.3 Å². The molecule has 0 bridgehead atoms. The maximum atomic E-state index is 10.6. The molecule has 1 aromatic rings. The first-order chi connectivity index (χ1) is 7.15. The minimum atomic E-state index is -1.06. The molecule has 1 aromatic heterocycles. The van der Waals surface area contributed by atoms with Crippen molar-refractivity contribution in [3.63, 3.8) is 0 Å². The Morgan fingerprint density at radius 2 is 2.33 bits per heavy atom. The molecule has 0 aliphatic heterocycles. The van der Waals surface area contributed by atoms with Crippen molar-refractivity contribution in [3.8, 4) is 0 Å². The second-order valence-corrected chi connectivity index (χ2v) is 3.25.